The number of amides is 2. The highest BCUT2D eigenvalue weighted by Crippen LogP contribution is 2.61. The van der Waals surface area contributed by atoms with E-state index in [1.807, 2.05) is 6.20 Å². The van der Waals surface area contributed by atoms with Gasteiger partial charge in [-0.1, -0.05) is 24.3 Å². The number of H-pyrrole nitrogens is 1. The number of aryl methyl sites for hydroxylation is 2. The van der Waals surface area contributed by atoms with E-state index in [0.29, 0.717) is 11.3 Å². The molecule has 1 spiro atoms. The summed E-state index contributed by atoms with van der Waals surface area (Å²) >= 11 is 0. The van der Waals surface area contributed by atoms with Gasteiger partial charge in [-0.05, 0) is 61.1 Å². The van der Waals surface area contributed by atoms with Crippen LogP contribution < -0.4 is 10.6 Å². The predicted molar refractivity (Wildman–Crippen MR) is 95.5 cm³/mol. The van der Waals surface area contributed by atoms with Gasteiger partial charge in [0.25, 0.3) is 0 Å². The molecule has 3 aliphatic carbocycles. The van der Waals surface area contributed by atoms with Crippen molar-refractivity contribution in [2.75, 3.05) is 6.54 Å². The second kappa shape index (κ2) is 5.61. The van der Waals surface area contributed by atoms with E-state index >= 15 is 0 Å². The number of carbonyl (C=O) groups excluding carboxylic acids is 1. The van der Waals surface area contributed by atoms with E-state index in [1.54, 1.807) is 0 Å². The normalized spacial score (nSPS) is 29.1. The Labute approximate surface area is 147 Å². The van der Waals surface area contributed by atoms with E-state index in [1.165, 1.54) is 41.6 Å². The molecule has 0 bridgehead atoms. The maximum absolute atomic E-state index is 12.3. The first-order chi connectivity index (χ1) is 12.2. The summed E-state index contributed by atoms with van der Waals surface area (Å²) in [6.07, 6.45) is 8.34. The van der Waals surface area contributed by atoms with Gasteiger partial charge in [-0.2, -0.15) is 5.10 Å². The lowest BCUT2D eigenvalue weighted by Crippen LogP contribution is -2.45. The minimum absolute atomic E-state index is 0.0229. The van der Waals surface area contributed by atoms with Crippen molar-refractivity contribution in [1.29, 1.82) is 0 Å². The second-order valence-corrected chi connectivity index (χ2v) is 7.88. The molecule has 1 heterocycles. The summed E-state index contributed by atoms with van der Waals surface area (Å²) in [5.74, 6) is 0.591. The number of aromatic nitrogens is 2. The molecule has 1 saturated carbocycles. The Morgan fingerprint density at radius 3 is 3.16 bits per heavy atom. The molecule has 1 aromatic carbocycles. The molecule has 1 aromatic heterocycles. The molecule has 2 aromatic rings. The molecule has 3 aliphatic rings. The monoisotopic (exact) mass is 336 g/mol. The molecule has 5 rings (SSSR count). The van der Waals surface area contributed by atoms with Crippen molar-refractivity contribution in [3.8, 4) is 0 Å². The van der Waals surface area contributed by atoms with Crippen LogP contribution in [0.5, 0.6) is 0 Å². The van der Waals surface area contributed by atoms with Crippen LogP contribution in [0, 0.1) is 5.92 Å². The van der Waals surface area contributed by atoms with Crippen LogP contribution in [-0.2, 0) is 24.7 Å². The summed E-state index contributed by atoms with van der Waals surface area (Å²) in [7, 11) is 0. The summed E-state index contributed by atoms with van der Waals surface area (Å²) in [6, 6.07) is 9.01. The number of carbonyl (C=O) groups is 1. The largest absolute Gasteiger partial charge is 0.338 e. The molecule has 5 heteroatoms. The van der Waals surface area contributed by atoms with Gasteiger partial charge in [0.15, 0.2) is 0 Å². The van der Waals surface area contributed by atoms with Gasteiger partial charge in [-0.3, -0.25) is 5.10 Å². The molecule has 2 amide bonds. The zero-order chi connectivity index (χ0) is 16.9. The molecule has 5 nitrogen and oxygen atoms in total. The van der Waals surface area contributed by atoms with Crippen LogP contribution in [0.3, 0.4) is 0 Å². The first kappa shape index (κ1) is 15.0. The molecular weight excluding hydrogens is 312 g/mol. The van der Waals surface area contributed by atoms with E-state index in [9.17, 15) is 4.79 Å². The Hall–Kier alpha value is -2.30. The van der Waals surface area contributed by atoms with Crippen molar-refractivity contribution in [2.24, 2.45) is 5.92 Å². The summed E-state index contributed by atoms with van der Waals surface area (Å²) in [4.78, 5) is 12.3. The van der Waals surface area contributed by atoms with Crippen LogP contribution in [0.15, 0.2) is 30.5 Å². The zero-order valence-corrected chi connectivity index (χ0v) is 14.3. The average molecular weight is 336 g/mol. The number of fused-ring (bicyclic) bond motifs is 3. The van der Waals surface area contributed by atoms with Crippen LogP contribution >= 0.6 is 0 Å². The zero-order valence-electron chi connectivity index (χ0n) is 14.3. The lowest BCUT2D eigenvalue weighted by atomic mass is 9.94. The van der Waals surface area contributed by atoms with Gasteiger partial charge < -0.3 is 10.6 Å². The van der Waals surface area contributed by atoms with Gasteiger partial charge in [-0.25, -0.2) is 4.79 Å². The topological polar surface area (TPSA) is 69.8 Å². The molecule has 0 aliphatic heterocycles. The Kier molecular flexibility index (Phi) is 3.37. The van der Waals surface area contributed by atoms with Gasteiger partial charge >= 0.3 is 6.03 Å². The smallest absolute Gasteiger partial charge is 0.315 e. The summed E-state index contributed by atoms with van der Waals surface area (Å²) < 4.78 is 0. The van der Waals surface area contributed by atoms with Gasteiger partial charge in [0, 0.05) is 23.7 Å². The Balaban J connectivity index is 1.14. The fraction of sp³-hybridized carbons (Fsp3) is 0.500. The lowest BCUT2D eigenvalue weighted by molar-refractivity contribution is 0.235. The first-order valence-electron chi connectivity index (χ1n) is 9.38. The number of benzene rings is 1. The molecular formula is C20H24N4O. The van der Waals surface area contributed by atoms with Crippen LogP contribution in [0.1, 0.15) is 41.6 Å². The Morgan fingerprint density at radius 1 is 1.28 bits per heavy atom. The number of nitrogens with one attached hydrogen (secondary N) is 3. The van der Waals surface area contributed by atoms with Crippen LogP contribution in [0.25, 0.3) is 0 Å². The standard InChI is InChI=1S/C20H24N4O/c25-19(23-16-5-6-18-14(9-16)11-22-24-18)21-12-15-10-20(15)8-7-13-3-1-2-4-17(13)20/h1-4,11,15-16H,5-10,12H2,(H,22,24)(H2,21,23,25)/t15-,16-,20+/m0/s1. The maximum Gasteiger partial charge on any atom is 0.315 e. The number of urea groups is 1. The van der Waals surface area contributed by atoms with E-state index in [4.69, 9.17) is 0 Å². The predicted octanol–water partition coefficient (Wildman–Crippen LogP) is 2.47. The van der Waals surface area contributed by atoms with Crippen molar-refractivity contribution < 1.29 is 4.79 Å². The van der Waals surface area contributed by atoms with Gasteiger partial charge in [0.1, 0.15) is 0 Å². The van der Waals surface area contributed by atoms with Crippen molar-refractivity contribution in [3.63, 3.8) is 0 Å². The number of hydrogen-bond donors (Lipinski definition) is 3. The summed E-state index contributed by atoms with van der Waals surface area (Å²) in [5, 5.41) is 13.4. The highest BCUT2D eigenvalue weighted by molar-refractivity contribution is 5.74. The third-order valence-corrected chi connectivity index (χ3v) is 6.49. The van der Waals surface area contributed by atoms with Gasteiger partial charge in [0.2, 0.25) is 0 Å². The molecule has 3 atom stereocenters. The Morgan fingerprint density at radius 2 is 2.20 bits per heavy atom. The van der Waals surface area contributed by atoms with E-state index in [2.05, 4.69) is 45.1 Å². The van der Waals surface area contributed by atoms with Crippen molar-refractivity contribution >= 4 is 6.03 Å². The Bertz CT molecular complexity index is 814. The van der Waals surface area contributed by atoms with E-state index in [-0.39, 0.29) is 12.1 Å². The third-order valence-electron chi connectivity index (χ3n) is 6.49. The highest BCUT2D eigenvalue weighted by Gasteiger charge is 2.57. The second-order valence-electron chi connectivity index (χ2n) is 7.88. The molecule has 3 N–H and O–H groups in total. The van der Waals surface area contributed by atoms with Crippen LogP contribution in [0.4, 0.5) is 4.79 Å². The number of rotatable bonds is 3. The average Bonchev–Trinajstić information content (AvgIpc) is 2.95. The SMILES string of the molecule is O=C(NC[C@@H]1C[C@]12CCc1ccccc12)N[C@H]1CCc2[nH]ncc2C1. The van der Waals surface area contributed by atoms with Crippen molar-refractivity contribution in [3.05, 3.63) is 52.8 Å². The number of hydrogen-bond acceptors (Lipinski definition) is 2. The van der Waals surface area contributed by atoms with Crippen LogP contribution in [-0.4, -0.2) is 28.8 Å². The van der Waals surface area contributed by atoms with E-state index < -0.39 is 0 Å². The van der Waals surface area contributed by atoms with Gasteiger partial charge in [0.05, 0.1) is 6.20 Å². The fourth-order valence-corrected chi connectivity index (χ4v) is 4.99. The lowest BCUT2D eigenvalue weighted by Gasteiger charge is -2.23. The molecule has 25 heavy (non-hydrogen) atoms. The minimum atomic E-state index is -0.0229. The molecule has 0 radical (unpaired) electrons. The molecule has 0 saturated heterocycles. The fourth-order valence-electron chi connectivity index (χ4n) is 4.99. The highest BCUT2D eigenvalue weighted by atomic mass is 16.2. The minimum Gasteiger partial charge on any atom is -0.338 e. The quantitative estimate of drug-likeness (QED) is 0.806. The number of nitrogens with zero attached hydrogens (tertiary/aromatic N) is 1. The molecule has 130 valence electrons. The molecule has 1 fully saturated rings. The van der Waals surface area contributed by atoms with E-state index in [0.717, 1.165) is 25.8 Å². The van der Waals surface area contributed by atoms with Crippen molar-refractivity contribution in [1.82, 2.24) is 20.8 Å². The number of aromatic amines is 1. The van der Waals surface area contributed by atoms with Crippen molar-refractivity contribution in [2.45, 2.75) is 50.0 Å². The first-order valence-corrected chi connectivity index (χ1v) is 9.38. The summed E-state index contributed by atoms with van der Waals surface area (Å²) in [5.41, 5.74) is 5.84. The van der Waals surface area contributed by atoms with Crippen LogP contribution in [0.2, 0.25) is 0 Å². The van der Waals surface area contributed by atoms with Gasteiger partial charge in [-0.15, -0.1) is 0 Å². The summed E-state index contributed by atoms with van der Waals surface area (Å²) in [6.45, 7) is 0.782. The molecule has 0 unspecified atom stereocenters. The third kappa shape index (κ3) is 2.53. The maximum atomic E-state index is 12.3.